The van der Waals surface area contributed by atoms with Gasteiger partial charge in [0.05, 0.1) is 12.6 Å². The van der Waals surface area contributed by atoms with Crippen LogP contribution in [-0.4, -0.2) is 48.8 Å². The first-order chi connectivity index (χ1) is 9.31. The van der Waals surface area contributed by atoms with Crippen molar-refractivity contribution in [2.45, 2.75) is 70.0 Å². The average Bonchev–Trinajstić information content (AvgIpc) is 2.78. The molecular weight excluding hydrogens is 266 g/mol. The Morgan fingerprint density at radius 2 is 1.60 bits per heavy atom. The molecule has 0 aliphatic carbocycles. The van der Waals surface area contributed by atoms with Crippen molar-refractivity contribution in [3.63, 3.8) is 0 Å². The van der Waals surface area contributed by atoms with Crippen molar-refractivity contribution in [2.24, 2.45) is 5.11 Å². The molecule has 0 unspecified atom stereocenters. The van der Waals surface area contributed by atoms with Gasteiger partial charge in [-0.25, -0.2) is 0 Å². The Morgan fingerprint density at radius 1 is 0.950 bits per heavy atom. The van der Waals surface area contributed by atoms with Gasteiger partial charge in [-0.1, -0.05) is 5.11 Å². The summed E-state index contributed by atoms with van der Waals surface area (Å²) in [6.07, 6.45) is -1.82. The SMILES string of the molecule is CC1(C)O[C@H]2O[C@H]3[C@H](OC(C)(C)O[C@@H]3CN=[N+]=[N-])[C@H]2O1. The maximum atomic E-state index is 8.48. The standard InChI is InChI=1S/C12H19N3O5/c1-11(2)17-6(5-14-15-13)7-8(18-11)9-10(16-7)20-12(3,4)19-9/h6-10H,5H2,1-4H3/t6-,7-,8+,9-,10-/m1/s1. The van der Waals surface area contributed by atoms with E-state index in [0.29, 0.717) is 0 Å². The van der Waals surface area contributed by atoms with Gasteiger partial charge in [0.25, 0.3) is 0 Å². The number of hydrogen-bond donors (Lipinski definition) is 0. The smallest absolute Gasteiger partial charge is 0.190 e. The summed E-state index contributed by atoms with van der Waals surface area (Å²) in [7, 11) is 0. The second kappa shape index (κ2) is 4.56. The molecule has 3 heterocycles. The molecule has 8 heteroatoms. The summed E-state index contributed by atoms with van der Waals surface area (Å²) in [5, 5.41) is 3.58. The van der Waals surface area contributed by atoms with Gasteiger partial charge in [-0.2, -0.15) is 0 Å². The van der Waals surface area contributed by atoms with Crippen LogP contribution < -0.4 is 0 Å². The molecule has 3 rings (SSSR count). The fourth-order valence-corrected chi connectivity index (χ4v) is 2.98. The minimum absolute atomic E-state index is 0.188. The van der Waals surface area contributed by atoms with Crippen LogP contribution in [0.3, 0.4) is 0 Å². The summed E-state index contributed by atoms with van der Waals surface area (Å²) in [5.74, 6) is -1.47. The molecular formula is C12H19N3O5. The lowest BCUT2D eigenvalue weighted by Gasteiger charge is -2.43. The molecule has 3 saturated heterocycles. The first-order valence-corrected chi connectivity index (χ1v) is 6.69. The Morgan fingerprint density at radius 3 is 2.30 bits per heavy atom. The van der Waals surface area contributed by atoms with Crippen LogP contribution in [0.25, 0.3) is 10.4 Å². The predicted octanol–water partition coefficient (Wildman–Crippen LogP) is 1.69. The van der Waals surface area contributed by atoms with Gasteiger partial charge in [0.2, 0.25) is 0 Å². The Hall–Kier alpha value is -0.890. The van der Waals surface area contributed by atoms with Gasteiger partial charge in [-0.15, -0.1) is 0 Å². The fraction of sp³-hybridized carbons (Fsp3) is 1.00. The molecule has 5 atom stereocenters. The molecule has 0 amide bonds. The van der Waals surface area contributed by atoms with Gasteiger partial charge in [-0.05, 0) is 33.2 Å². The lowest BCUT2D eigenvalue weighted by molar-refractivity contribution is -0.341. The molecule has 0 aromatic rings. The number of ether oxygens (including phenoxy) is 5. The highest BCUT2D eigenvalue weighted by atomic mass is 16.9. The zero-order valence-electron chi connectivity index (χ0n) is 12.0. The molecule has 0 aromatic heterocycles. The monoisotopic (exact) mass is 285 g/mol. The van der Waals surface area contributed by atoms with Gasteiger partial charge < -0.3 is 23.7 Å². The van der Waals surface area contributed by atoms with Gasteiger partial charge in [0.15, 0.2) is 17.9 Å². The Balaban J connectivity index is 1.82. The van der Waals surface area contributed by atoms with Crippen LogP contribution in [0.15, 0.2) is 5.11 Å². The van der Waals surface area contributed by atoms with Gasteiger partial charge in [0, 0.05) is 4.91 Å². The van der Waals surface area contributed by atoms with Crippen molar-refractivity contribution in [1.29, 1.82) is 0 Å². The van der Waals surface area contributed by atoms with E-state index >= 15 is 0 Å². The Kier molecular flexibility index (Phi) is 3.20. The lowest BCUT2D eigenvalue weighted by atomic mass is 10.0. The summed E-state index contributed by atoms with van der Waals surface area (Å²) in [6.45, 7) is 7.51. The van der Waals surface area contributed by atoms with Gasteiger partial charge >= 0.3 is 0 Å². The van der Waals surface area contributed by atoms with Gasteiger partial charge in [0.1, 0.15) is 18.3 Å². The second-order valence-electron chi connectivity index (χ2n) is 6.12. The summed E-state index contributed by atoms with van der Waals surface area (Å²) < 4.78 is 29.1. The summed E-state index contributed by atoms with van der Waals surface area (Å²) >= 11 is 0. The van der Waals surface area contributed by atoms with Crippen LogP contribution in [0, 0.1) is 0 Å². The van der Waals surface area contributed by atoms with Crippen molar-refractivity contribution >= 4 is 0 Å². The van der Waals surface area contributed by atoms with E-state index in [0.717, 1.165) is 0 Å². The molecule has 0 bridgehead atoms. The molecule has 0 spiro atoms. The quantitative estimate of drug-likeness (QED) is 0.437. The van der Waals surface area contributed by atoms with Crippen LogP contribution in [0.2, 0.25) is 0 Å². The molecule has 0 radical (unpaired) electrons. The van der Waals surface area contributed by atoms with Gasteiger partial charge in [-0.3, -0.25) is 0 Å². The van der Waals surface area contributed by atoms with E-state index in [1.807, 2.05) is 27.7 Å². The first-order valence-electron chi connectivity index (χ1n) is 6.69. The minimum atomic E-state index is -0.787. The van der Waals surface area contributed by atoms with Crippen LogP contribution in [-0.2, 0) is 23.7 Å². The average molecular weight is 285 g/mol. The molecule has 8 nitrogen and oxygen atoms in total. The summed E-state index contributed by atoms with van der Waals surface area (Å²) in [6, 6.07) is 0. The van der Waals surface area contributed by atoms with E-state index in [4.69, 9.17) is 29.2 Å². The number of azide groups is 1. The highest BCUT2D eigenvalue weighted by Crippen LogP contribution is 2.44. The topological polar surface area (TPSA) is 94.9 Å². The van der Waals surface area contributed by atoms with E-state index in [1.165, 1.54) is 0 Å². The van der Waals surface area contributed by atoms with E-state index < -0.39 is 17.9 Å². The van der Waals surface area contributed by atoms with Crippen molar-refractivity contribution in [3.05, 3.63) is 10.4 Å². The maximum absolute atomic E-state index is 8.48. The molecule has 0 saturated carbocycles. The molecule has 112 valence electrons. The van der Waals surface area contributed by atoms with Crippen molar-refractivity contribution < 1.29 is 23.7 Å². The zero-order chi connectivity index (χ0) is 14.5. The molecule has 3 aliphatic rings. The largest absolute Gasteiger partial charge is 0.344 e. The molecule has 20 heavy (non-hydrogen) atoms. The number of nitrogens with zero attached hydrogens (tertiary/aromatic N) is 3. The van der Waals surface area contributed by atoms with E-state index in [1.54, 1.807) is 0 Å². The van der Waals surface area contributed by atoms with Crippen LogP contribution >= 0.6 is 0 Å². The summed E-state index contributed by atoms with van der Waals surface area (Å²) in [5.41, 5.74) is 8.48. The Labute approximate surface area is 116 Å². The predicted molar refractivity (Wildman–Crippen MR) is 66.5 cm³/mol. The molecule has 3 aliphatic heterocycles. The third-order valence-corrected chi connectivity index (χ3v) is 3.57. The highest BCUT2D eigenvalue weighted by Gasteiger charge is 2.60. The molecule has 0 N–H and O–H groups in total. The number of hydrogen-bond acceptors (Lipinski definition) is 6. The first kappa shape index (κ1) is 14.1. The van der Waals surface area contributed by atoms with Crippen LogP contribution in [0.5, 0.6) is 0 Å². The maximum Gasteiger partial charge on any atom is 0.190 e. The Bertz CT molecular complexity index is 448. The third-order valence-electron chi connectivity index (χ3n) is 3.57. The van der Waals surface area contributed by atoms with Crippen molar-refractivity contribution in [2.75, 3.05) is 6.54 Å². The third kappa shape index (κ3) is 2.39. The minimum Gasteiger partial charge on any atom is -0.344 e. The lowest BCUT2D eigenvalue weighted by Crippen LogP contribution is -2.56. The molecule has 0 aromatic carbocycles. The van der Waals surface area contributed by atoms with Crippen LogP contribution in [0.4, 0.5) is 0 Å². The zero-order valence-corrected chi connectivity index (χ0v) is 12.0. The highest BCUT2D eigenvalue weighted by molar-refractivity contribution is 5.00. The number of fused-ring (bicyclic) bond motifs is 3. The summed E-state index contributed by atoms with van der Waals surface area (Å²) in [4.78, 5) is 2.77. The second-order valence-corrected chi connectivity index (χ2v) is 6.12. The van der Waals surface area contributed by atoms with Crippen molar-refractivity contribution in [3.8, 4) is 0 Å². The fourth-order valence-electron chi connectivity index (χ4n) is 2.98. The van der Waals surface area contributed by atoms with Crippen LogP contribution in [0.1, 0.15) is 27.7 Å². The van der Waals surface area contributed by atoms with E-state index in [-0.39, 0.29) is 31.0 Å². The normalized spacial score (nSPS) is 44.5. The van der Waals surface area contributed by atoms with E-state index in [2.05, 4.69) is 10.0 Å². The van der Waals surface area contributed by atoms with Crippen molar-refractivity contribution in [1.82, 2.24) is 0 Å². The van der Waals surface area contributed by atoms with E-state index in [9.17, 15) is 0 Å². The number of rotatable bonds is 2. The molecule has 3 fully saturated rings.